The van der Waals surface area contributed by atoms with Gasteiger partial charge in [0.25, 0.3) is 0 Å². The lowest BCUT2D eigenvalue weighted by atomic mass is 10.2. The lowest BCUT2D eigenvalue weighted by Gasteiger charge is -2.35. The smallest absolute Gasteiger partial charge is 0.322 e. The van der Waals surface area contributed by atoms with Crippen LogP contribution in [0.25, 0.3) is 0 Å². The second kappa shape index (κ2) is 7.90. The van der Waals surface area contributed by atoms with Crippen LogP contribution < -0.4 is 19.7 Å². The maximum absolute atomic E-state index is 12.6. The number of hydrogen-bond donors (Lipinski definition) is 1. The van der Waals surface area contributed by atoms with E-state index in [0.29, 0.717) is 43.4 Å². The molecular weight excluding hydrogens is 334 g/mol. The van der Waals surface area contributed by atoms with Crippen molar-refractivity contribution in [1.82, 2.24) is 15.1 Å². The quantitative estimate of drug-likeness (QED) is 0.903. The first-order chi connectivity index (χ1) is 12.6. The topological polar surface area (TPSA) is 79.8 Å². The van der Waals surface area contributed by atoms with E-state index in [2.05, 4.69) is 20.4 Å². The molecule has 8 heteroatoms. The largest absolute Gasteiger partial charge is 0.497 e. The van der Waals surface area contributed by atoms with E-state index in [-0.39, 0.29) is 6.03 Å². The second-order valence-corrected chi connectivity index (χ2v) is 6.00. The predicted octanol–water partition coefficient (Wildman–Crippen LogP) is 2.16. The molecule has 1 aliphatic heterocycles. The van der Waals surface area contributed by atoms with Crippen LogP contribution in [0, 0.1) is 6.92 Å². The number of aromatic nitrogens is 2. The van der Waals surface area contributed by atoms with Gasteiger partial charge in [-0.1, -0.05) is 0 Å². The van der Waals surface area contributed by atoms with Gasteiger partial charge in [-0.25, -0.2) is 4.79 Å². The Kier molecular flexibility index (Phi) is 5.40. The summed E-state index contributed by atoms with van der Waals surface area (Å²) >= 11 is 0. The Morgan fingerprint density at radius 2 is 1.81 bits per heavy atom. The molecular formula is C18H23N5O3. The van der Waals surface area contributed by atoms with Gasteiger partial charge in [-0.15, -0.1) is 5.10 Å². The summed E-state index contributed by atoms with van der Waals surface area (Å²) in [6.45, 7) is 4.56. The van der Waals surface area contributed by atoms with E-state index in [4.69, 9.17) is 9.47 Å². The Morgan fingerprint density at radius 3 is 2.42 bits per heavy atom. The van der Waals surface area contributed by atoms with Gasteiger partial charge in [-0.2, -0.15) is 5.10 Å². The summed E-state index contributed by atoms with van der Waals surface area (Å²) in [5.74, 6) is 2.08. The fourth-order valence-corrected chi connectivity index (χ4v) is 2.80. The van der Waals surface area contributed by atoms with Gasteiger partial charge >= 0.3 is 6.03 Å². The van der Waals surface area contributed by atoms with E-state index in [1.165, 1.54) is 0 Å². The summed E-state index contributed by atoms with van der Waals surface area (Å²) in [6.07, 6.45) is 0. The van der Waals surface area contributed by atoms with Gasteiger partial charge in [0.2, 0.25) is 0 Å². The third kappa shape index (κ3) is 3.96. The number of nitrogens with one attached hydrogen (secondary N) is 1. The first-order valence-electron chi connectivity index (χ1n) is 8.44. The number of aryl methyl sites for hydroxylation is 1. The van der Waals surface area contributed by atoms with Gasteiger partial charge in [0.05, 0.1) is 25.6 Å². The van der Waals surface area contributed by atoms with E-state index in [0.717, 1.165) is 11.5 Å². The molecule has 1 aliphatic rings. The lowest BCUT2D eigenvalue weighted by molar-refractivity contribution is 0.208. The van der Waals surface area contributed by atoms with Crippen molar-refractivity contribution in [2.75, 3.05) is 50.6 Å². The Hall–Kier alpha value is -3.03. The summed E-state index contributed by atoms with van der Waals surface area (Å²) in [4.78, 5) is 16.5. The number of amides is 2. The minimum absolute atomic E-state index is 0.150. The molecule has 1 aromatic carbocycles. The lowest BCUT2D eigenvalue weighted by Crippen LogP contribution is -2.50. The number of methoxy groups -OCH3 is 2. The average Bonchev–Trinajstić information content (AvgIpc) is 2.69. The molecule has 2 heterocycles. The minimum atomic E-state index is -0.150. The van der Waals surface area contributed by atoms with E-state index < -0.39 is 0 Å². The third-order valence-corrected chi connectivity index (χ3v) is 4.32. The van der Waals surface area contributed by atoms with Crippen LogP contribution in [-0.2, 0) is 0 Å². The maximum atomic E-state index is 12.6. The van der Waals surface area contributed by atoms with Crippen LogP contribution in [0.4, 0.5) is 16.3 Å². The fourth-order valence-electron chi connectivity index (χ4n) is 2.80. The third-order valence-electron chi connectivity index (χ3n) is 4.32. The summed E-state index contributed by atoms with van der Waals surface area (Å²) in [6, 6.07) is 9.05. The van der Waals surface area contributed by atoms with Crippen LogP contribution in [0.15, 0.2) is 30.3 Å². The van der Waals surface area contributed by atoms with E-state index in [1.54, 1.807) is 37.3 Å². The van der Waals surface area contributed by atoms with Crippen LogP contribution >= 0.6 is 0 Å². The highest BCUT2D eigenvalue weighted by molar-refractivity contribution is 5.91. The zero-order valence-corrected chi connectivity index (χ0v) is 15.2. The van der Waals surface area contributed by atoms with Crippen LogP contribution in [0.2, 0.25) is 0 Å². The van der Waals surface area contributed by atoms with Crippen LogP contribution in [-0.4, -0.2) is 61.5 Å². The molecule has 0 aliphatic carbocycles. The molecule has 26 heavy (non-hydrogen) atoms. The molecule has 0 unspecified atom stereocenters. The standard InChI is InChI=1S/C18H23N5O3/c1-13-4-7-17(21-20-13)22-8-10-23(11-9-22)18(24)19-15-6-5-14(25-2)12-16(15)26-3/h4-7,12H,8-11H2,1-3H3,(H,19,24). The van der Waals surface area contributed by atoms with Crippen molar-refractivity contribution < 1.29 is 14.3 Å². The Balaban J connectivity index is 1.59. The molecule has 1 aromatic heterocycles. The fraction of sp³-hybridized carbons (Fsp3) is 0.389. The number of nitrogens with zero attached hydrogens (tertiary/aromatic N) is 4. The number of piperazine rings is 1. The van der Waals surface area contributed by atoms with Gasteiger partial charge in [-0.05, 0) is 31.2 Å². The number of ether oxygens (including phenoxy) is 2. The molecule has 138 valence electrons. The predicted molar refractivity (Wildman–Crippen MR) is 99.1 cm³/mol. The molecule has 0 saturated carbocycles. The Bertz CT molecular complexity index is 758. The van der Waals surface area contributed by atoms with Crippen LogP contribution in [0.5, 0.6) is 11.5 Å². The number of carbonyl (C=O) groups is 1. The molecule has 8 nitrogen and oxygen atoms in total. The van der Waals surface area contributed by atoms with Crippen LogP contribution in [0.1, 0.15) is 5.69 Å². The highest BCUT2D eigenvalue weighted by Gasteiger charge is 2.23. The van der Waals surface area contributed by atoms with Crippen LogP contribution in [0.3, 0.4) is 0 Å². The van der Waals surface area contributed by atoms with E-state index in [9.17, 15) is 4.79 Å². The molecule has 2 amide bonds. The number of urea groups is 1. The highest BCUT2D eigenvalue weighted by Crippen LogP contribution is 2.29. The molecule has 1 fully saturated rings. The van der Waals surface area contributed by atoms with Crippen molar-refractivity contribution in [3.05, 3.63) is 36.0 Å². The molecule has 0 atom stereocenters. The second-order valence-electron chi connectivity index (χ2n) is 6.00. The van der Waals surface area contributed by atoms with Gasteiger partial charge in [0, 0.05) is 32.2 Å². The number of anilines is 2. The van der Waals surface area contributed by atoms with Crippen molar-refractivity contribution in [1.29, 1.82) is 0 Å². The van der Waals surface area contributed by atoms with Crippen molar-refractivity contribution >= 4 is 17.5 Å². The van der Waals surface area contributed by atoms with Gasteiger partial charge in [0.15, 0.2) is 5.82 Å². The molecule has 0 radical (unpaired) electrons. The molecule has 1 saturated heterocycles. The molecule has 3 rings (SSSR count). The molecule has 0 spiro atoms. The summed E-state index contributed by atoms with van der Waals surface area (Å²) < 4.78 is 10.5. The van der Waals surface area contributed by atoms with E-state index >= 15 is 0 Å². The van der Waals surface area contributed by atoms with Crippen molar-refractivity contribution in [3.63, 3.8) is 0 Å². The number of hydrogen-bond acceptors (Lipinski definition) is 6. The summed E-state index contributed by atoms with van der Waals surface area (Å²) in [7, 11) is 3.15. The number of benzene rings is 1. The monoisotopic (exact) mass is 357 g/mol. The molecule has 1 N–H and O–H groups in total. The average molecular weight is 357 g/mol. The Labute approximate surface area is 152 Å². The van der Waals surface area contributed by atoms with Gasteiger partial charge < -0.3 is 24.6 Å². The zero-order chi connectivity index (χ0) is 18.5. The first-order valence-corrected chi connectivity index (χ1v) is 8.44. The van der Waals surface area contributed by atoms with Crippen molar-refractivity contribution in [3.8, 4) is 11.5 Å². The minimum Gasteiger partial charge on any atom is -0.497 e. The summed E-state index contributed by atoms with van der Waals surface area (Å²) in [5, 5.41) is 11.2. The number of carbonyl (C=O) groups excluding carboxylic acids is 1. The molecule has 2 aromatic rings. The normalized spacial score (nSPS) is 14.1. The van der Waals surface area contributed by atoms with E-state index in [1.807, 2.05) is 19.1 Å². The van der Waals surface area contributed by atoms with Crippen molar-refractivity contribution in [2.24, 2.45) is 0 Å². The Morgan fingerprint density at radius 1 is 1.04 bits per heavy atom. The SMILES string of the molecule is COc1ccc(NC(=O)N2CCN(c3ccc(C)nn3)CC2)c(OC)c1. The highest BCUT2D eigenvalue weighted by atomic mass is 16.5. The number of rotatable bonds is 4. The maximum Gasteiger partial charge on any atom is 0.322 e. The van der Waals surface area contributed by atoms with Gasteiger partial charge in [0.1, 0.15) is 11.5 Å². The summed E-state index contributed by atoms with van der Waals surface area (Å²) in [5.41, 5.74) is 1.50. The zero-order valence-electron chi connectivity index (χ0n) is 15.2. The molecule has 0 bridgehead atoms. The van der Waals surface area contributed by atoms with Crippen molar-refractivity contribution in [2.45, 2.75) is 6.92 Å². The van der Waals surface area contributed by atoms with Gasteiger partial charge in [-0.3, -0.25) is 0 Å². The first kappa shape index (κ1) is 17.8.